The Labute approximate surface area is 113 Å². The highest BCUT2D eigenvalue weighted by Crippen LogP contribution is 2.17. The summed E-state index contributed by atoms with van der Waals surface area (Å²) >= 11 is 0. The van der Waals surface area contributed by atoms with Crippen LogP contribution in [0.5, 0.6) is 0 Å². The van der Waals surface area contributed by atoms with Crippen molar-refractivity contribution in [2.75, 3.05) is 26.7 Å². The number of aromatic nitrogens is 1. The number of nitrogens with zero attached hydrogens (tertiary/aromatic N) is 2. The van der Waals surface area contributed by atoms with E-state index >= 15 is 0 Å². The first-order valence-corrected chi connectivity index (χ1v) is 6.99. The smallest absolute Gasteiger partial charge is 0.192 e. The number of aryl methyl sites for hydroxylation is 1. The monoisotopic (exact) mass is 259 g/mol. The molecule has 0 spiro atoms. The fourth-order valence-electron chi connectivity index (χ4n) is 2.75. The van der Waals surface area contributed by atoms with Gasteiger partial charge in [-0.15, -0.1) is 0 Å². The summed E-state index contributed by atoms with van der Waals surface area (Å²) in [6.07, 6.45) is 2.33. The molecule has 2 heterocycles. The van der Waals surface area contributed by atoms with Crippen molar-refractivity contribution in [3.63, 3.8) is 0 Å². The Morgan fingerprint density at radius 3 is 3.16 bits per heavy atom. The molecule has 1 aromatic carbocycles. The molecule has 0 bridgehead atoms. The summed E-state index contributed by atoms with van der Waals surface area (Å²) in [5.74, 6) is 0.737. The summed E-state index contributed by atoms with van der Waals surface area (Å²) in [6, 6.07) is 7.01. The van der Waals surface area contributed by atoms with Crippen LogP contribution in [-0.4, -0.2) is 42.6 Å². The van der Waals surface area contributed by atoms with E-state index in [0.717, 1.165) is 43.0 Å². The zero-order chi connectivity index (χ0) is 13.2. The first-order valence-electron chi connectivity index (χ1n) is 6.99. The highest BCUT2D eigenvalue weighted by Gasteiger charge is 2.18. The highest BCUT2D eigenvalue weighted by atomic mass is 16.3. The average Bonchev–Trinajstić information content (AvgIpc) is 3.03. The molecule has 1 aliphatic rings. The molecule has 2 aromatic rings. The Morgan fingerprint density at radius 2 is 2.37 bits per heavy atom. The van der Waals surface area contributed by atoms with E-state index in [2.05, 4.69) is 34.4 Å². The van der Waals surface area contributed by atoms with Crippen molar-refractivity contribution >= 4 is 11.1 Å². The van der Waals surface area contributed by atoms with Crippen molar-refractivity contribution < 1.29 is 4.42 Å². The molecule has 102 valence electrons. The van der Waals surface area contributed by atoms with Crippen molar-refractivity contribution in [2.45, 2.75) is 25.8 Å². The Bertz CT molecular complexity index is 558. The minimum atomic E-state index is 0.693. The summed E-state index contributed by atoms with van der Waals surface area (Å²) in [7, 11) is 2.22. The Hall–Kier alpha value is -1.39. The molecule has 3 rings (SSSR count). The molecule has 19 heavy (non-hydrogen) atoms. The zero-order valence-corrected chi connectivity index (χ0v) is 11.6. The summed E-state index contributed by atoms with van der Waals surface area (Å²) < 4.78 is 5.50. The van der Waals surface area contributed by atoms with E-state index in [1.165, 1.54) is 12.0 Å². The number of oxazole rings is 1. The predicted molar refractivity (Wildman–Crippen MR) is 76.4 cm³/mol. The van der Waals surface area contributed by atoms with E-state index in [-0.39, 0.29) is 0 Å². The second-order valence-electron chi connectivity index (χ2n) is 5.41. The second-order valence-corrected chi connectivity index (χ2v) is 5.41. The molecule has 1 aromatic heterocycles. The quantitative estimate of drug-likeness (QED) is 0.911. The summed E-state index contributed by atoms with van der Waals surface area (Å²) in [5, 5.41) is 3.41. The highest BCUT2D eigenvalue weighted by molar-refractivity contribution is 5.73. The van der Waals surface area contributed by atoms with Gasteiger partial charge in [-0.05, 0) is 44.1 Å². The van der Waals surface area contributed by atoms with Gasteiger partial charge in [0.1, 0.15) is 5.52 Å². The van der Waals surface area contributed by atoms with Crippen LogP contribution >= 0.6 is 0 Å². The molecule has 1 saturated heterocycles. The SMILES string of the molecule is Cc1nc2cc(CCN(C)C3CCNC3)ccc2o1. The molecular weight excluding hydrogens is 238 g/mol. The summed E-state index contributed by atoms with van der Waals surface area (Å²) in [4.78, 5) is 6.84. The first-order chi connectivity index (χ1) is 9.22. The molecule has 1 aliphatic heterocycles. The maximum absolute atomic E-state index is 5.50. The Kier molecular flexibility index (Phi) is 3.53. The third-order valence-electron chi connectivity index (χ3n) is 3.97. The lowest BCUT2D eigenvalue weighted by molar-refractivity contribution is 0.260. The maximum Gasteiger partial charge on any atom is 0.192 e. The molecule has 0 saturated carbocycles. The van der Waals surface area contributed by atoms with Crippen molar-refractivity contribution in [3.8, 4) is 0 Å². The van der Waals surface area contributed by atoms with Gasteiger partial charge in [0, 0.05) is 26.1 Å². The largest absolute Gasteiger partial charge is 0.441 e. The van der Waals surface area contributed by atoms with Gasteiger partial charge in [-0.1, -0.05) is 6.07 Å². The summed E-state index contributed by atoms with van der Waals surface area (Å²) in [6.45, 7) is 5.26. The van der Waals surface area contributed by atoms with Gasteiger partial charge < -0.3 is 14.6 Å². The van der Waals surface area contributed by atoms with Crippen molar-refractivity contribution in [1.82, 2.24) is 15.2 Å². The minimum Gasteiger partial charge on any atom is -0.441 e. The molecular formula is C15H21N3O. The average molecular weight is 259 g/mol. The molecule has 1 unspecified atom stereocenters. The van der Waals surface area contributed by atoms with E-state index in [1.54, 1.807) is 0 Å². The van der Waals surface area contributed by atoms with E-state index < -0.39 is 0 Å². The number of nitrogens with one attached hydrogen (secondary N) is 1. The van der Waals surface area contributed by atoms with E-state index in [0.29, 0.717) is 6.04 Å². The number of hydrogen-bond donors (Lipinski definition) is 1. The van der Waals surface area contributed by atoms with Gasteiger partial charge in [0.25, 0.3) is 0 Å². The van der Waals surface area contributed by atoms with Gasteiger partial charge >= 0.3 is 0 Å². The number of hydrogen-bond acceptors (Lipinski definition) is 4. The number of benzene rings is 1. The third-order valence-corrected chi connectivity index (χ3v) is 3.97. The molecule has 0 radical (unpaired) electrons. The van der Waals surface area contributed by atoms with Gasteiger partial charge in [0.05, 0.1) is 0 Å². The Morgan fingerprint density at radius 1 is 1.47 bits per heavy atom. The molecule has 1 N–H and O–H groups in total. The van der Waals surface area contributed by atoms with Gasteiger partial charge in [0.15, 0.2) is 11.5 Å². The summed E-state index contributed by atoms with van der Waals surface area (Å²) in [5.41, 5.74) is 3.19. The molecule has 0 amide bonds. The van der Waals surface area contributed by atoms with Crippen LogP contribution in [0.2, 0.25) is 0 Å². The van der Waals surface area contributed by atoms with Gasteiger partial charge in [-0.25, -0.2) is 4.98 Å². The number of fused-ring (bicyclic) bond motifs is 1. The third kappa shape index (κ3) is 2.80. The molecule has 1 fully saturated rings. The second kappa shape index (κ2) is 5.31. The van der Waals surface area contributed by atoms with Gasteiger partial charge in [0.2, 0.25) is 0 Å². The Balaban J connectivity index is 1.64. The van der Waals surface area contributed by atoms with Crippen LogP contribution in [0.25, 0.3) is 11.1 Å². The first kappa shape index (κ1) is 12.6. The topological polar surface area (TPSA) is 41.3 Å². The molecule has 4 heteroatoms. The van der Waals surface area contributed by atoms with Crippen LogP contribution in [0, 0.1) is 6.92 Å². The molecule has 0 aliphatic carbocycles. The lowest BCUT2D eigenvalue weighted by Gasteiger charge is -2.23. The minimum absolute atomic E-state index is 0.693. The van der Waals surface area contributed by atoms with E-state index in [1.807, 2.05) is 13.0 Å². The van der Waals surface area contributed by atoms with Crippen LogP contribution in [0.15, 0.2) is 22.6 Å². The van der Waals surface area contributed by atoms with Gasteiger partial charge in [-0.3, -0.25) is 0 Å². The molecule has 4 nitrogen and oxygen atoms in total. The van der Waals surface area contributed by atoms with Crippen LogP contribution in [-0.2, 0) is 6.42 Å². The van der Waals surface area contributed by atoms with E-state index in [4.69, 9.17) is 4.42 Å². The molecule has 1 atom stereocenters. The standard InChI is InChI=1S/C15H21N3O/c1-11-17-14-9-12(3-4-15(14)19-11)6-8-18(2)13-5-7-16-10-13/h3-4,9,13,16H,5-8,10H2,1-2H3. The zero-order valence-electron chi connectivity index (χ0n) is 11.6. The van der Waals surface area contributed by atoms with Crippen LogP contribution in [0.1, 0.15) is 17.9 Å². The van der Waals surface area contributed by atoms with E-state index in [9.17, 15) is 0 Å². The van der Waals surface area contributed by atoms with Crippen LogP contribution < -0.4 is 5.32 Å². The lowest BCUT2D eigenvalue weighted by Crippen LogP contribution is -2.34. The van der Waals surface area contributed by atoms with Crippen LogP contribution in [0.3, 0.4) is 0 Å². The fourth-order valence-corrected chi connectivity index (χ4v) is 2.75. The predicted octanol–water partition coefficient (Wildman–Crippen LogP) is 1.97. The van der Waals surface area contributed by atoms with Gasteiger partial charge in [-0.2, -0.15) is 0 Å². The number of likely N-dealkylation sites (N-methyl/N-ethyl adjacent to an activating group) is 1. The lowest BCUT2D eigenvalue weighted by atomic mass is 10.1. The van der Waals surface area contributed by atoms with Crippen LogP contribution in [0.4, 0.5) is 0 Å². The fraction of sp³-hybridized carbons (Fsp3) is 0.533. The van der Waals surface area contributed by atoms with Crippen molar-refractivity contribution in [2.24, 2.45) is 0 Å². The normalized spacial score (nSPS) is 19.6. The maximum atomic E-state index is 5.50. The van der Waals surface area contributed by atoms with Crippen molar-refractivity contribution in [3.05, 3.63) is 29.7 Å². The number of rotatable bonds is 4. The van der Waals surface area contributed by atoms with Crippen molar-refractivity contribution in [1.29, 1.82) is 0 Å².